The highest BCUT2D eigenvalue weighted by molar-refractivity contribution is 5.16. The third kappa shape index (κ3) is 3.30. The highest BCUT2D eigenvalue weighted by Crippen LogP contribution is 2.27. The zero-order valence-electron chi connectivity index (χ0n) is 9.32. The number of nitrogens with one attached hydrogen (secondary N) is 1. The fourth-order valence-corrected chi connectivity index (χ4v) is 1.86. The van der Waals surface area contributed by atoms with Crippen LogP contribution in [-0.2, 0) is 0 Å². The average molecular weight is 249 g/mol. The van der Waals surface area contributed by atoms with Crippen LogP contribution in [-0.4, -0.2) is 62.2 Å². The Morgan fingerprint density at radius 3 is 2.41 bits per heavy atom. The van der Waals surface area contributed by atoms with E-state index in [1.807, 2.05) is 0 Å². The van der Waals surface area contributed by atoms with Gasteiger partial charge < -0.3 is 30.6 Å². The maximum absolute atomic E-state index is 9.59. The maximum atomic E-state index is 9.59. The monoisotopic (exact) mass is 249 g/mol. The Morgan fingerprint density at radius 1 is 1.24 bits per heavy atom. The van der Waals surface area contributed by atoms with E-state index < -0.39 is 35.8 Å². The van der Waals surface area contributed by atoms with E-state index in [1.54, 1.807) is 0 Å². The van der Waals surface area contributed by atoms with Crippen LogP contribution in [0.1, 0.15) is 12.8 Å². The minimum absolute atomic E-state index is 0.0802. The molecule has 0 spiro atoms. The van der Waals surface area contributed by atoms with E-state index in [9.17, 15) is 20.4 Å². The lowest BCUT2D eigenvalue weighted by Gasteiger charge is -2.33. The standard InChI is InChI=1S/C10H19NO6/c12-2-1-7(14)11-6-3-5(4-13)8(15)10(17)9(6)16/h5-8,11-17H,1-4H2. The zero-order valence-corrected chi connectivity index (χ0v) is 9.32. The van der Waals surface area contributed by atoms with Crippen LogP contribution >= 0.6 is 0 Å². The topological polar surface area (TPSA) is 133 Å². The van der Waals surface area contributed by atoms with Gasteiger partial charge in [0.1, 0.15) is 18.1 Å². The Balaban J connectivity index is 2.72. The molecule has 0 saturated carbocycles. The van der Waals surface area contributed by atoms with Crippen LogP contribution in [0.5, 0.6) is 0 Å². The molecular formula is C10H19NO6. The van der Waals surface area contributed by atoms with E-state index >= 15 is 0 Å². The molecule has 0 aliphatic heterocycles. The van der Waals surface area contributed by atoms with Crippen molar-refractivity contribution in [3.05, 3.63) is 11.5 Å². The molecule has 7 heteroatoms. The first-order chi connectivity index (χ1) is 8.01. The van der Waals surface area contributed by atoms with Gasteiger partial charge in [-0.1, -0.05) is 0 Å². The number of rotatable bonds is 5. The Bertz CT molecular complexity index is 282. The van der Waals surface area contributed by atoms with Gasteiger partial charge in [-0.3, -0.25) is 5.32 Å². The molecule has 17 heavy (non-hydrogen) atoms. The summed E-state index contributed by atoms with van der Waals surface area (Å²) < 4.78 is 0. The minimum Gasteiger partial charge on any atom is -0.507 e. The molecule has 0 fully saturated rings. The zero-order chi connectivity index (χ0) is 13.0. The van der Waals surface area contributed by atoms with Gasteiger partial charge in [-0.15, -0.1) is 0 Å². The molecule has 1 aliphatic carbocycles. The number of aliphatic hydroxyl groups is 6. The van der Waals surface area contributed by atoms with Crippen molar-refractivity contribution < 1.29 is 30.6 Å². The molecule has 0 radical (unpaired) electrons. The van der Waals surface area contributed by atoms with Gasteiger partial charge in [0.2, 0.25) is 0 Å². The lowest BCUT2D eigenvalue weighted by Crippen LogP contribution is -2.47. The van der Waals surface area contributed by atoms with Crippen LogP contribution < -0.4 is 5.32 Å². The van der Waals surface area contributed by atoms with E-state index in [1.165, 1.54) is 0 Å². The summed E-state index contributed by atoms with van der Waals surface area (Å²) in [5.41, 5.74) is 0. The molecule has 1 rings (SSSR count). The Kier molecular flexibility index (Phi) is 5.16. The molecule has 0 amide bonds. The SMILES string of the molecule is OCCC(O)NC1CC(CO)C(O)C(O)=C1O. The number of hydrogen-bond donors (Lipinski definition) is 7. The largest absolute Gasteiger partial charge is 0.507 e. The molecule has 0 aromatic rings. The van der Waals surface area contributed by atoms with Gasteiger partial charge in [-0.05, 0) is 6.42 Å². The molecule has 1 aliphatic rings. The second kappa shape index (κ2) is 6.18. The van der Waals surface area contributed by atoms with Crippen molar-refractivity contribution in [2.45, 2.75) is 31.2 Å². The van der Waals surface area contributed by atoms with Crippen LogP contribution in [0.25, 0.3) is 0 Å². The van der Waals surface area contributed by atoms with Crippen LogP contribution in [0.2, 0.25) is 0 Å². The molecule has 0 saturated heterocycles. The predicted octanol–water partition coefficient (Wildman–Crippen LogP) is -1.65. The highest BCUT2D eigenvalue weighted by Gasteiger charge is 2.36. The minimum atomic E-state index is -1.30. The summed E-state index contributed by atoms with van der Waals surface area (Å²) in [5.74, 6) is -1.65. The summed E-state index contributed by atoms with van der Waals surface area (Å²) in [6.07, 6.45) is -2.07. The Morgan fingerprint density at radius 2 is 1.88 bits per heavy atom. The third-order valence-electron chi connectivity index (χ3n) is 2.89. The van der Waals surface area contributed by atoms with Crippen LogP contribution in [0, 0.1) is 5.92 Å². The smallest absolute Gasteiger partial charge is 0.160 e. The summed E-state index contributed by atoms with van der Waals surface area (Å²) in [5, 5.41) is 58.2. The van der Waals surface area contributed by atoms with Gasteiger partial charge in [-0.25, -0.2) is 0 Å². The number of hydrogen-bond acceptors (Lipinski definition) is 7. The van der Waals surface area contributed by atoms with Crippen molar-refractivity contribution in [3.63, 3.8) is 0 Å². The van der Waals surface area contributed by atoms with Crippen molar-refractivity contribution in [3.8, 4) is 0 Å². The summed E-state index contributed by atoms with van der Waals surface area (Å²) in [4.78, 5) is 0. The molecule has 7 N–H and O–H groups in total. The highest BCUT2D eigenvalue weighted by atomic mass is 16.3. The van der Waals surface area contributed by atoms with E-state index in [0.29, 0.717) is 0 Å². The first-order valence-electron chi connectivity index (χ1n) is 5.47. The molecular weight excluding hydrogens is 230 g/mol. The first-order valence-corrected chi connectivity index (χ1v) is 5.47. The van der Waals surface area contributed by atoms with Gasteiger partial charge >= 0.3 is 0 Å². The van der Waals surface area contributed by atoms with E-state index in [4.69, 9.17) is 10.2 Å². The van der Waals surface area contributed by atoms with Gasteiger partial charge in [0, 0.05) is 25.6 Å². The molecule has 100 valence electrons. The van der Waals surface area contributed by atoms with Crippen LogP contribution in [0.15, 0.2) is 11.5 Å². The van der Waals surface area contributed by atoms with Crippen LogP contribution in [0.3, 0.4) is 0 Å². The third-order valence-corrected chi connectivity index (χ3v) is 2.89. The second-order valence-corrected chi connectivity index (χ2v) is 4.14. The van der Waals surface area contributed by atoms with E-state index in [0.717, 1.165) is 0 Å². The Labute approximate surface area is 98.6 Å². The summed E-state index contributed by atoms with van der Waals surface area (Å²) in [7, 11) is 0. The molecule has 0 heterocycles. The summed E-state index contributed by atoms with van der Waals surface area (Å²) in [6, 6.07) is -0.753. The molecule has 4 atom stereocenters. The summed E-state index contributed by atoms with van der Waals surface area (Å²) >= 11 is 0. The normalized spacial score (nSPS) is 31.6. The van der Waals surface area contributed by atoms with Gasteiger partial charge in [0.25, 0.3) is 0 Å². The maximum Gasteiger partial charge on any atom is 0.160 e. The van der Waals surface area contributed by atoms with Crippen molar-refractivity contribution in [1.29, 1.82) is 0 Å². The Hall–Kier alpha value is -0.860. The predicted molar refractivity (Wildman–Crippen MR) is 58.1 cm³/mol. The van der Waals surface area contributed by atoms with Crippen molar-refractivity contribution in [2.24, 2.45) is 5.92 Å². The molecule has 0 aromatic carbocycles. The van der Waals surface area contributed by atoms with Crippen molar-refractivity contribution in [1.82, 2.24) is 5.32 Å². The fraction of sp³-hybridized carbons (Fsp3) is 0.800. The lowest BCUT2D eigenvalue weighted by atomic mass is 9.86. The molecule has 0 aromatic heterocycles. The fourth-order valence-electron chi connectivity index (χ4n) is 1.86. The lowest BCUT2D eigenvalue weighted by molar-refractivity contribution is 0.0144. The summed E-state index contributed by atoms with van der Waals surface area (Å²) in [6.45, 7) is -0.559. The first kappa shape index (κ1) is 14.2. The van der Waals surface area contributed by atoms with Crippen molar-refractivity contribution >= 4 is 0 Å². The molecule has 4 unspecified atom stereocenters. The van der Waals surface area contributed by atoms with E-state index in [-0.39, 0.29) is 26.1 Å². The molecule has 7 nitrogen and oxygen atoms in total. The average Bonchev–Trinajstić information content (AvgIpc) is 2.30. The second-order valence-electron chi connectivity index (χ2n) is 4.14. The van der Waals surface area contributed by atoms with Crippen LogP contribution in [0.4, 0.5) is 0 Å². The van der Waals surface area contributed by atoms with E-state index in [2.05, 4.69) is 5.32 Å². The van der Waals surface area contributed by atoms with Crippen molar-refractivity contribution in [2.75, 3.05) is 13.2 Å². The quantitative estimate of drug-likeness (QED) is 0.290. The van der Waals surface area contributed by atoms with Gasteiger partial charge in [0.15, 0.2) is 5.76 Å². The van der Waals surface area contributed by atoms with Gasteiger partial charge in [-0.2, -0.15) is 0 Å². The van der Waals surface area contributed by atoms with Gasteiger partial charge in [0.05, 0.1) is 6.04 Å². The molecule has 0 bridgehead atoms. The number of aliphatic hydroxyl groups excluding tert-OH is 6.